The van der Waals surface area contributed by atoms with Crippen LogP contribution >= 0.6 is 22.6 Å². The van der Waals surface area contributed by atoms with Gasteiger partial charge in [0.2, 0.25) is 0 Å². The molecule has 20 heavy (non-hydrogen) atoms. The molecular weight excluding hydrogens is 369 g/mol. The van der Waals surface area contributed by atoms with Gasteiger partial charge in [0.05, 0.1) is 17.8 Å². The van der Waals surface area contributed by atoms with Crippen LogP contribution in [0.2, 0.25) is 0 Å². The molecule has 0 heterocycles. The topological polar surface area (TPSA) is 47.6 Å². The predicted octanol–water partition coefficient (Wildman–Crippen LogP) is 3.56. The lowest BCUT2D eigenvalue weighted by molar-refractivity contribution is 0.102. The number of carbonyl (C=O) groups excluding carboxylic acids is 1. The van der Waals surface area contributed by atoms with Crippen LogP contribution in [-0.4, -0.2) is 20.1 Å². The van der Waals surface area contributed by atoms with E-state index in [-0.39, 0.29) is 5.91 Å². The zero-order valence-electron chi connectivity index (χ0n) is 11.1. The van der Waals surface area contributed by atoms with Crippen molar-refractivity contribution in [1.29, 1.82) is 0 Å². The second kappa shape index (κ2) is 6.60. The maximum Gasteiger partial charge on any atom is 0.255 e. The van der Waals surface area contributed by atoms with Crippen LogP contribution < -0.4 is 14.8 Å². The Bertz CT molecular complexity index is 589. The molecule has 0 saturated heterocycles. The Hall–Kier alpha value is -1.76. The molecule has 2 aromatic rings. The SMILES string of the molecule is COc1cc(NC(=O)c2ccccc2)cc(OC)c1I. The first-order valence-electron chi connectivity index (χ1n) is 5.93. The summed E-state index contributed by atoms with van der Waals surface area (Å²) >= 11 is 2.14. The van der Waals surface area contributed by atoms with Gasteiger partial charge in [0.1, 0.15) is 11.5 Å². The van der Waals surface area contributed by atoms with Crippen LogP contribution in [0.15, 0.2) is 42.5 Å². The normalized spacial score (nSPS) is 9.95. The van der Waals surface area contributed by atoms with Gasteiger partial charge in [0, 0.05) is 23.4 Å². The Morgan fingerprint density at radius 1 is 1.05 bits per heavy atom. The first kappa shape index (κ1) is 14.6. The maximum absolute atomic E-state index is 12.1. The van der Waals surface area contributed by atoms with Crippen LogP contribution in [0.25, 0.3) is 0 Å². The minimum atomic E-state index is -0.170. The first-order chi connectivity index (χ1) is 9.65. The third kappa shape index (κ3) is 3.22. The van der Waals surface area contributed by atoms with E-state index < -0.39 is 0 Å². The average Bonchev–Trinajstić information content (AvgIpc) is 2.49. The van der Waals surface area contributed by atoms with Gasteiger partial charge in [0.15, 0.2) is 0 Å². The zero-order chi connectivity index (χ0) is 14.5. The van der Waals surface area contributed by atoms with Crippen molar-refractivity contribution in [3.63, 3.8) is 0 Å². The molecule has 1 N–H and O–H groups in total. The number of anilines is 1. The summed E-state index contributed by atoms with van der Waals surface area (Å²) in [6.45, 7) is 0. The Kier molecular flexibility index (Phi) is 4.84. The van der Waals surface area contributed by atoms with Gasteiger partial charge in [-0.05, 0) is 34.7 Å². The van der Waals surface area contributed by atoms with Crippen molar-refractivity contribution in [2.45, 2.75) is 0 Å². The van der Waals surface area contributed by atoms with Crippen molar-refractivity contribution in [2.24, 2.45) is 0 Å². The highest BCUT2D eigenvalue weighted by molar-refractivity contribution is 14.1. The number of hydrogen-bond acceptors (Lipinski definition) is 3. The molecule has 0 fully saturated rings. The molecule has 0 radical (unpaired) electrons. The molecule has 4 nitrogen and oxygen atoms in total. The summed E-state index contributed by atoms with van der Waals surface area (Å²) in [6.07, 6.45) is 0. The lowest BCUT2D eigenvalue weighted by Crippen LogP contribution is -2.12. The molecule has 0 aromatic heterocycles. The molecule has 0 aliphatic heterocycles. The number of nitrogens with one attached hydrogen (secondary N) is 1. The Labute approximate surface area is 131 Å². The van der Waals surface area contributed by atoms with Gasteiger partial charge in [-0.3, -0.25) is 4.79 Å². The van der Waals surface area contributed by atoms with E-state index in [1.54, 1.807) is 38.5 Å². The number of amides is 1. The van der Waals surface area contributed by atoms with Crippen molar-refractivity contribution < 1.29 is 14.3 Å². The highest BCUT2D eigenvalue weighted by Gasteiger charge is 2.12. The van der Waals surface area contributed by atoms with E-state index in [9.17, 15) is 4.79 Å². The number of methoxy groups -OCH3 is 2. The molecular formula is C15H14INO3. The molecule has 1 amide bonds. The molecule has 5 heteroatoms. The van der Waals surface area contributed by atoms with E-state index in [1.165, 1.54) is 0 Å². The van der Waals surface area contributed by atoms with Crippen molar-refractivity contribution in [1.82, 2.24) is 0 Å². The standard InChI is InChI=1S/C15H14INO3/c1-19-12-8-11(9-13(20-2)14(12)16)17-15(18)10-6-4-3-5-7-10/h3-9H,1-2H3,(H,17,18). The minimum Gasteiger partial charge on any atom is -0.495 e. The monoisotopic (exact) mass is 383 g/mol. The minimum absolute atomic E-state index is 0.170. The molecule has 0 saturated carbocycles. The van der Waals surface area contributed by atoms with E-state index in [2.05, 4.69) is 27.9 Å². The summed E-state index contributed by atoms with van der Waals surface area (Å²) in [5, 5.41) is 2.83. The van der Waals surface area contributed by atoms with Crippen LogP contribution in [0.4, 0.5) is 5.69 Å². The van der Waals surface area contributed by atoms with E-state index in [1.807, 2.05) is 18.2 Å². The summed E-state index contributed by atoms with van der Waals surface area (Å²) < 4.78 is 11.4. The lowest BCUT2D eigenvalue weighted by atomic mass is 10.2. The van der Waals surface area contributed by atoms with Crippen LogP contribution in [0.1, 0.15) is 10.4 Å². The molecule has 0 spiro atoms. The fourth-order valence-electron chi connectivity index (χ4n) is 1.73. The molecule has 2 aromatic carbocycles. The summed E-state index contributed by atoms with van der Waals surface area (Å²) in [5.74, 6) is 1.15. The van der Waals surface area contributed by atoms with Crippen molar-refractivity contribution in [2.75, 3.05) is 19.5 Å². The van der Waals surface area contributed by atoms with Gasteiger partial charge in [0.25, 0.3) is 5.91 Å². The van der Waals surface area contributed by atoms with Crippen molar-refractivity contribution in [3.05, 3.63) is 51.6 Å². The number of halogens is 1. The Balaban J connectivity index is 2.28. The number of ether oxygens (including phenoxy) is 2. The van der Waals surface area contributed by atoms with Crippen molar-refractivity contribution in [3.8, 4) is 11.5 Å². The Morgan fingerprint density at radius 3 is 2.10 bits per heavy atom. The second-order valence-corrected chi connectivity index (χ2v) is 5.09. The zero-order valence-corrected chi connectivity index (χ0v) is 13.3. The molecule has 0 atom stereocenters. The highest BCUT2D eigenvalue weighted by Crippen LogP contribution is 2.34. The quantitative estimate of drug-likeness (QED) is 0.822. The Morgan fingerprint density at radius 2 is 1.60 bits per heavy atom. The van der Waals surface area contributed by atoms with Gasteiger partial charge in [-0.25, -0.2) is 0 Å². The predicted molar refractivity (Wildman–Crippen MR) is 86.7 cm³/mol. The molecule has 0 aliphatic carbocycles. The van der Waals surface area contributed by atoms with Gasteiger partial charge < -0.3 is 14.8 Å². The third-order valence-electron chi connectivity index (χ3n) is 2.74. The maximum atomic E-state index is 12.1. The van der Waals surface area contributed by atoms with Gasteiger partial charge in [-0.15, -0.1) is 0 Å². The molecule has 2 rings (SSSR count). The second-order valence-electron chi connectivity index (χ2n) is 4.01. The molecule has 0 unspecified atom stereocenters. The van der Waals surface area contributed by atoms with Crippen LogP contribution in [0.5, 0.6) is 11.5 Å². The number of benzene rings is 2. The first-order valence-corrected chi connectivity index (χ1v) is 7.01. The van der Waals surface area contributed by atoms with Gasteiger partial charge in [-0.1, -0.05) is 18.2 Å². The molecule has 0 aliphatic rings. The summed E-state index contributed by atoms with van der Waals surface area (Å²) in [6, 6.07) is 12.6. The number of hydrogen-bond donors (Lipinski definition) is 1. The van der Waals surface area contributed by atoms with E-state index in [4.69, 9.17) is 9.47 Å². The van der Waals surface area contributed by atoms with Crippen LogP contribution in [0, 0.1) is 3.57 Å². The lowest BCUT2D eigenvalue weighted by Gasteiger charge is -2.12. The van der Waals surface area contributed by atoms with E-state index in [0.29, 0.717) is 22.7 Å². The van der Waals surface area contributed by atoms with E-state index in [0.717, 1.165) is 3.57 Å². The fourth-order valence-corrected chi connectivity index (χ4v) is 2.49. The summed E-state index contributed by atoms with van der Waals surface area (Å²) in [5.41, 5.74) is 1.23. The molecule has 0 bridgehead atoms. The largest absolute Gasteiger partial charge is 0.495 e. The highest BCUT2D eigenvalue weighted by atomic mass is 127. The number of carbonyl (C=O) groups is 1. The van der Waals surface area contributed by atoms with Gasteiger partial charge >= 0.3 is 0 Å². The molecule has 104 valence electrons. The van der Waals surface area contributed by atoms with Crippen LogP contribution in [-0.2, 0) is 0 Å². The van der Waals surface area contributed by atoms with Gasteiger partial charge in [-0.2, -0.15) is 0 Å². The van der Waals surface area contributed by atoms with Crippen LogP contribution in [0.3, 0.4) is 0 Å². The smallest absolute Gasteiger partial charge is 0.255 e. The average molecular weight is 383 g/mol. The third-order valence-corrected chi connectivity index (χ3v) is 3.80. The summed E-state index contributed by atoms with van der Waals surface area (Å²) in [7, 11) is 3.17. The summed E-state index contributed by atoms with van der Waals surface area (Å²) in [4.78, 5) is 12.1. The van der Waals surface area contributed by atoms with Crippen molar-refractivity contribution >= 4 is 34.2 Å². The number of rotatable bonds is 4. The fraction of sp³-hybridized carbons (Fsp3) is 0.133. The van der Waals surface area contributed by atoms with E-state index >= 15 is 0 Å².